The van der Waals surface area contributed by atoms with Crippen molar-refractivity contribution in [1.29, 1.82) is 0 Å². The highest BCUT2D eigenvalue weighted by Crippen LogP contribution is 2.37. The molecule has 2 aromatic rings. The van der Waals surface area contributed by atoms with Gasteiger partial charge in [0.1, 0.15) is 11.7 Å². The SMILES string of the molecule is CC1N=Nc2c1c(=O)oc1ncccc21. The van der Waals surface area contributed by atoms with E-state index in [1.807, 2.05) is 13.0 Å². The van der Waals surface area contributed by atoms with E-state index in [-0.39, 0.29) is 6.04 Å². The van der Waals surface area contributed by atoms with Gasteiger partial charge in [-0.1, -0.05) is 0 Å². The van der Waals surface area contributed by atoms with E-state index in [0.29, 0.717) is 17.0 Å². The van der Waals surface area contributed by atoms with Gasteiger partial charge in [-0.15, -0.1) is 0 Å². The second-order valence-corrected chi connectivity index (χ2v) is 3.40. The van der Waals surface area contributed by atoms with Crippen LogP contribution in [-0.4, -0.2) is 4.98 Å². The molecule has 3 heterocycles. The van der Waals surface area contributed by atoms with Crippen LogP contribution < -0.4 is 5.63 Å². The zero-order valence-electron chi connectivity index (χ0n) is 7.97. The lowest BCUT2D eigenvalue weighted by Gasteiger charge is -2.00. The van der Waals surface area contributed by atoms with E-state index in [0.717, 1.165) is 5.39 Å². The number of pyridine rings is 1. The van der Waals surface area contributed by atoms with Crippen LogP contribution in [0.15, 0.2) is 37.8 Å². The summed E-state index contributed by atoms with van der Waals surface area (Å²) < 4.78 is 5.09. The molecule has 5 heteroatoms. The zero-order valence-corrected chi connectivity index (χ0v) is 7.97. The number of hydrogen-bond donors (Lipinski definition) is 0. The molecule has 0 aromatic carbocycles. The molecule has 0 radical (unpaired) electrons. The molecule has 0 saturated carbocycles. The average Bonchev–Trinajstić information content (AvgIpc) is 2.62. The molecule has 0 N–H and O–H groups in total. The van der Waals surface area contributed by atoms with E-state index in [9.17, 15) is 4.79 Å². The van der Waals surface area contributed by atoms with Gasteiger partial charge in [0.05, 0.1) is 10.9 Å². The summed E-state index contributed by atoms with van der Waals surface area (Å²) in [7, 11) is 0. The monoisotopic (exact) mass is 201 g/mol. The normalized spacial score (nSPS) is 18.3. The van der Waals surface area contributed by atoms with Gasteiger partial charge in [-0.2, -0.15) is 10.2 Å². The summed E-state index contributed by atoms with van der Waals surface area (Å²) in [6.07, 6.45) is 1.58. The third kappa shape index (κ3) is 1.03. The summed E-state index contributed by atoms with van der Waals surface area (Å²) in [5, 5.41) is 8.68. The first-order chi connectivity index (χ1) is 7.27. The first-order valence-electron chi connectivity index (χ1n) is 4.60. The minimum absolute atomic E-state index is 0.221. The van der Waals surface area contributed by atoms with Crippen LogP contribution in [0.25, 0.3) is 11.1 Å². The first kappa shape index (κ1) is 8.28. The third-order valence-corrected chi connectivity index (χ3v) is 2.44. The molecule has 1 aliphatic rings. The van der Waals surface area contributed by atoms with Crippen molar-refractivity contribution < 1.29 is 4.42 Å². The maximum atomic E-state index is 11.6. The Morgan fingerprint density at radius 3 is 3.20 bits per heavy atom. The van der Waals surface area contributed by atoms with Crippen molar-refractivity contribution in [2.45, 2.75) is 13.0 Å². The molecule has 1 unspecified atom stereocenters. The standard InChI is InChI=1S/C10H7N3O2/c1-5-7-8(13-12-5)6-3-2-4-11-9(6)15-10(7)14/h2-5H,1H3. The lowest BCUT2D eigenvalue weighted by molar-refractivity contribution is 0.536. The Hall–Kier alpha value is -2.04. The van der Waals surface area contributed by atoms with Crippen LogP contribution in [-0.2, 0) is 0 Å². The second-order valence-electron chi connectivity index (χ2n) is 3.40. The number of hydrogen-bond acceptors (Lipinski definition) is 5. The van der Waals surface area contributed by atoms with Crippen molar-refractivity contribution >= 4 is 16.8 Å². The van der Waals surface area contributed by atoms with Gasteiger partial charge in [0.15, 0.2) is 0 Å². The van der Waals surface area contributed by atoms with E-state index >= 15 is 0 Å². The Kier molecular flexibility index (Phi) is 1.50. The zero-order chi connectivity index (χ0) is 10.4. The van der Waals surface area contributed by atoms with Crippen molar-refractivity contribution in [3.8, 4) is 0 Å². The maximum absolute atomic E-state index is 11.6. The Labute approximate surface area is 84.5 Å². The molecule has 0 spiro atoms. The molecule has 74 valence electrons. The molecule has 0 bridgehead atoms. The Bertz CT molecular complexity index is 630. The fraction of sp³-hybridized carbons (Fsp3) is 0.200. The summed E-state index contributed by atoms with van der Waals surface area (Å²) in [5.41, 5.74) is 1.04. The molecule has 5 nitrogen and oxygen atoms in total. The van der Waals surface area contributed by atoms with Gasteiger partial charge in [-0.05, 0) is 19.1 Å². The van der Waals surface area contributed by atoms with Gasteiger partial charge in [-0.3, -0.25) is 0 Å². The van der Waals surface area contributed by atoms with Crippen LogP contribution in [0.2, 0.25) is 0 Å². The van der Waals surface area contributed by atoms with Crippen molar-refractivity contribution in [3.05, 3.63) is 34.3 Å². The molecular weight excluding hydrogens is 194 g/mol. The number of rotatable bonds is 0. The van der Waals surface area contributed by atoms with Gasteiger partial charge >= 0.3 is 5.63 Å². The highest BCUT2D eigenvalue weighted by atomic mass is 16.4. The number of fused-ring (bicyclic) bond motifs is 3. The summed E-state index contributed by atoms with van der Waals surface area (Å²) in [4.78, 5) is 15.6. The van der Waals surface area contributed by atoms with E-state index in [1.54, 1.807) is 12.3 Å². The van der Waals surface area contributed by atoms with E-state index in [4.69, 9.17) is 4.42 Å². The highest BCUT2D eigenvalue weighted by molar-refractivity contribution is 5.87. The van der Waals surface area contributed by atoms with E-state index in [1.165, 1.54) is 0 Å². The highest BCUT2D eigenvalue weighted by Gasteiger charge is 2.24. The first-order valence-corrected chi connectivity index (χ1v) is 4.60. The molecule has 0 amide bonds. The molecule has 3 rings (SSSR count). The lowest BCUT2D eigenvalue weighted by atomic mass is 10.1. The molecule has 2 aromatic heterocycles. The Morgan fingerprint density at radius 1 is 1.47 bits per heavy atom. The summed E-state index contributed by atoms with van der Waals surface area (Å²) in [6.45, 7) is 1.81. The van der Waals surface area contributed by atoms with Crippen molar-refractivity contribution in [1.82, 2.24) is 4.98 Å². The summed E-state index contributed by atoms with van der Waals surface area (Å²) in [5.74, 6) is 0. The number of aromatic nitrogens is 1. The van der Waals surface area contributed by atoms with Gasteiger partial charge in [0.25, 0.3) is 0 Å². The third-order valence-electron chi connectivity index (χ3n) is 2.44. The maximum Gasteiger partial charge on any atom is 0.345 e. The molecular formula is C10H7N3O2. The predicted molar refractivity (Wildman–Crippen MR) is 53.2 cm³/mol. The summed E-state index contributed by atoms with van der Waals surface area (Å²) >= 11 is 0. The largest absolute Gasteiger partial charge is 0.403 e. The van der Waals surface area contributed by atoms with Gasteiger partial charge < -0.3 is 4.42 Å². The lowest BCUT2D eigenvalue weighted by Crippen LogP contribution is -2.07. The van der Waals surface area contributed by atoms with Gasteiger partial charge in [-0.25, -0.2) is 9.78 Å². The molecule has 1 atom stereocenters. The topological polar surface area (TPSA) is 67.8 Å². The number of azo groups is 1. The van der Waals surface area contributed by atoms with Crippen LogP contribution in [0.1, 0.15) is 18.5 Å². The van der Waals surface area contributed by atoms with Crippen molar-refractivity contribution in [2.24, 2.45) is 10.2 Å². The Balaban J connectivity index is 2.53. The minimum Gasteiger partial charge on any atom is -0.403 e. The molecule has 0 fully saturated rings. The summed E-state index contributed by atoms with van der Waals surface area (Å²) in [6, 6.07) is 3.38. The van der Waals surface area contributed by atoms with Crippen LogP contribution in [0, 0.1) is 0 Å². The quantitative estimate of drug-likeness (QED) is 0.656. The molecule has 0 aliphatic carbocycles. The van der Waals surface area contributed by atoms with Crippen LogP contribution in [0.4, 0.5) is 5.69 Å². The second kappa shape index (κ2) is 2.73. The fourth-order valence-corrected chi connectivity index (χ4v) is 1.72. The predicted octanol–water partition coefficient (Wildman–Crippen LogP) is 2.35. The van der Waals surface area contributed by atoms with E-state index < -0.39 is 5.63 Å². The van der Waals surface area contributed by atoms with Gasteiger partial charge in [0.2, 0.25) is 5.71 Å². The fourth-order valence-electron chi connectivity index (χ4n) is 1.72. The average molecular weight is 201 g/mol. The van der Waals surface area contributed by atoms with Gasteiger partial charge in [0, 0.05) is 6.20 Å². The van der Waals surface area contributed by atoms with E-state index in [2.05, 4.69) is 15.2 Å². The van der Waals surface area contributed by atoms with Crippen molar-refractivity contribution in [3.63, 3.8) is 0 Å². The van der Waals surface area contributed by atoms with Crippen LogP contribution in [0.5, 0.6) is 0 Å². The Morgan fingerprint density at radius 2 is 2.33 bits per heavy atom. The minimum atomic E-state index is -0.395. The smallest absolute Gasteiger partial charge is 0.345 e. The molecule has 0 saturated heterocycles. The van der Waals surface area contributed by atoms with Crippen LogP contribution >= 0.6 is 0 Å². The molecule has 15 heavy (non-hydrogen) atoms. The van der Waals surface area contributed by atoms with Crippen molar-refractivity contribution in [2.75, 3.05) is 0 Å². The van der Waals surface area contributed by atoms with Crippen LogP contribution in [0.3, 0.4) is 0 Å². The molecule has 1 aliphatic heterocycles. The number of nitrogens with zero attached hydrogens (tertiary/aromatic N) is 3.